The smallest absolute Gasteiger partial charge is 0.310 e. The van der Waals surface area contributed by atoms with Crippen molar-refractivity contribution in [3.63, 3.8) is 0 Å². The fourth-order valence-electron chi connectivity index (χ4n) is 6.13. The molecule has 4 nitrogen and oxygen atoms in total. The van der Waals surface area contributed by atoms with Gasteiger partial charge in [0.2, 0.25) is 0 Å². The minimum absolute atomic E-state index is 0.0399. The number of hydrogen-bond acceptors (Lipinski definition) is 4. The molecule has 1 saturated carbocycles. The van der Waals surface area contributed by atoms with Crippen LogP contribution in [0, 0.1) is 17.3 Å². The predicted molar refractivity (Wildman–Crippen MR) is 124 cm³/mol. The molecule has 0 aromatic carbocycles. The summed E-state index contributed by atoms with van der Waals surface area (Å²) in [5, 5.41) is 3.61. The molecule has 0 amide bonds. The average Bonchev–Trinajstić information content (AvgIpc) is 3.01. The van der Waals surface area contributed by atoms with E-state index in [0.29, 0.717) is 5.92 Å². The molecule has 0 unspecified atom stereocenters. The van der Waals surface area contributed by atoms with Crippen LogP contribution >= 0.6 is 0 Å². The molecule has 30 heavy (non-hydrogen) atoms. The summed E-state index contributed by atoms with van der Waals surface area (Å²) in [6.07, 6.45) is 12.3. The van der Waals surface area contributed by atoms with E-state index in [4.69, 9.17) is 4.74 Å². The Bertz CT molecular complexity index is 594. The first-order chi connectivity index (χ1) is 14.5. The van der Waals surface area contributed by atoms with E-state index in [1.807, 2.05) is 0 Å². The number of esters is 1. The van der Waals surface area contributed by atoms with Gasteiger partial charge in [0.05, 0.1) is 5.92 Å². The Balaban J connectivity index is 1.46. The van der Waals surface area contributed by atoms with E-state index < -0.39 is 0 Å². The summed E-state index contributed by atoms with van der Waals surface area (Å²) in [4.78, 5) is 15.3. The number of nitrogens with one attached hydrogen (secondary N) is 1. The zero-order valence-corrected chi connectivity index (χ0v) is 20.1. The maximum Gasteiger partial charge on any atom is 0.310 e. The molecule has 3 rings (SSSR count). The van der Waals surface area contributed by atoms with Crippen LogP contribution in [0.2, 0.25) is 0 Å². The van der Waals surface area contributed by atoms with E-state index in [9.17, 15) is 4.79 Å². The number of carbonyl (C=O) groups excluding carboxylic acids is 1. The second-order valence-electron chi connectivity index (χ2n) is 10.4. The first-order valence-corrected chi connectivity index (χ1v) is 12.8. The number of fused-ring (bicyclic) bond motifs is 2. The highest BCUT2D eigenvalue weighted by Crippen LogP contribution is 2.54. The Kier molecular flexibility index (Phi) is 8.82. The Morgan fingerprint density at radius 2 is 1.83 bits per heavy atom. The minimum Gasteiger partial charge on any atom is -0.462 e. The van der Waals surface area contributed by atoms with E-state index in [0.717, 1.165) is 32.4 Å². The van der Waals surface area contributed by atoms with Gasteiger partial charge in [-0.3, -0.25) is 4.79 Å². The number of ether oxygens (including phenoxy) is 1. The third-order valence-electron chi connectivity index (χ3n) is 8.03. The van der Waals surface area contributed by atoms with Crippen molar-refractivity contribution >= 4 is 5.97 Å². The fraction of sp³-hybridized carbons (Fsp3) is 0.885. The second kappa shape index (κ2) is 11.1. The van der Waals surface area contributed by atoms with Crippen molar-refractivity contribution in [2.24, 2.45) is 17.3 Å². The highest BCUT2D eigenvalue weighted by atomic mass is 16.6. The van der Waals surface area contributed by atoms with E-state index >= 15 is 0 Å². The van der Waals surface area contributed by atoms with Crippen molar-refractivity contribution in [3.05, 3.63) is 11.1 Å². The third-order valence-corrected chi connectivity index (χ3v) is 8.03. The van der Waals surface area contributed by atoms with Crippen molar-refractivity contribution in [1.82, 2.24) is 10.2 Å². The zero-order valence-electron chi connectivity index (χ0n) is 20.1. The molecular weight excluding hydrogens is 372 g/mol. The largest absolute Gasteiger partial charge is 0.462 e. The maximum absolute atomic E-state index is 12.7. The molecule has 0 bridgehead atoms. The third kappa shape index (κ3) is 5.68. The summed E-state index contributed by atoms with van der Waals surface area (Å²) in [7, 11) is 0. The summed E-state index contributed by atoms with van der Waals surface area (Å²) in [5.74, 6) is 0.468. The van der Waals surface area contributed by atoms with Gasteiger partial charge in [0, 0.05) is 12.5 Å². The first kappa shape index (κ1) is 23.8. The molecule has 1 aliphatic heterocycles. The van der Waals surface area contributed by atoms with Crippen LogP contribution in [-0.2, 0) is 9.53 Å². The van der Waals surface area contributed by atoms with Crippen molar-refractivity contribution in [2.45, 2.75) is 98.0 Å². The Hall–Kier alpha value is -0.870. The molecule has 1 N–H and O–H groups in total. The Labute approximate surface area is 185 Å². The van der Waals surface area contributed by atoms with Crippen molar-refractivity contribution in [2.75, 3.05) is 32.7 Å². The molecular formula is C26H46N2O2. The van der Waals surface area contributed by atoms with Crippen LogP contribution < -0.4 is 5.32 Å². The van der Waals surface area contributed by atoms with Gasteiger partial charge in [0.15, 0.2) is 0 Å². The van der Waals surface area contributed by atoms with Crippen molar-refractivity contribution in [1.29, 1.82) is 0 Å². The Morgan fingerprint density at radius 1 is 1.13 bits per heavy atom. The van der Waals surface area contributed by atoms with Gasteiger partial charge in [0.1, 0.15) is 6.10 Å². The van der Waals surface area contributed by atoms with Gasteiger partial charge in [-0.2, -0.15) is 0 Å². The molecule has 2 aliphatic carbocycles. The van der Waals surface area contributed by atoms with Crippen molar-refractivity contribution < 1.29 is 9.53 Å². The molecule has 0 aromatic rings. The lowest BCUT2D eigenvalue weighted by Crippen LogP contribution is -2.41. The van der Waals surface area contributed by atoms with Gasteiger partial charge in [-0.25, -0.2) is 0 Å². The molecule has 1 heterocycles. The minimum atomic E-state index is 0.0399. The molecule has 0 radical (unpaired) electrons. The summed E-state index contributed by atoms with van der Waals surface area (Å²) in [5.41, 5.74) is 3.51. The molecule has 172 valence electrons. The maximum atomic E-state index is 12.7. The van der Waals surface area contributed by atoms with Gasteiger partial charge in [-0.05, 0) is 89.9 Å². The number of nitrogens with zero attached hydrogens (tertiary/aromatic N) is 1. The highest BCUT2D eigenvalue weighted by molar-refractivity contribution is 5.76. The summed E-state index contributed by atoms with van der Waals surface area (Å²) >= 11 is 0. The predicted octanol–water partition coefficient (Wildman–Crippen LogP) is 5.33. The molecule has 3 aliphatic rings. The van der Waals surface area contributed by atoms with Crippen LogP contribution in [0.3, 0.4) is 0 Å². The highest BCUT2D eigenvalue weighted by Gasteiger charge is 2.52. The molecule has 4 heteroatoms. The zero-order chi connectivity index (χ0) is 21.6. The monoisotopic (exact) mass is 418 g/mol. The summed E-state index contributed by atoms with van der Waals surface area (Å²) < 4.78 is 5.90. The lowest BCUT2D eigenvalue weighted by atomic mass is 9.59. The first-order valence-electron chi connectivity index (χ1n) is 12.8. The normalized spacial score (nSPS) is 31.1. The molecule has 1 saturated heterocycles. The van der Waals surface area contributed by atoms with Crippen LogP contribution in [0.5, 0.6) is 0 Å². The molecule has 4 atom stereocenters. The van der Waals surface area contributed by atoms with E-state index in [-0.39, 0.29) is 23.4 Å². The fourth-order valence-corrected chi connectivity index (χ4v) is 6.13. The molecule has 0 spiro atoms. The quantitative estimate of drug-likeness (QED) is 0.264. The second-order valence-corrected chi connectivity index (χ2v) is 10.4. The van der Waals surface area contributed by atoms with E-state index in [1.165, 1.54) is 64.6 Å². The van der Waals surface area contributed by atoms with Gasteiger partial charge in [-0.15, -0.1) is 0 Å². The van der Waals surface area contributed by atoms with Gasteiger partial charge >= 0.3 is 5.97 Å². The SMILES string of the molecule is CCCCN(CCCC)CCCNC[C@@H]1C(=O)O[C@@H]2C[C@]3(C)CCCC(C)=C3C[C@H]12. The van der Waals surface area contributed by atoms with Crippen LogP contribution in [0.4, 0.5) is 0 Å². The topological polar surface area (TPSA) is 41.6 Å². The number of rotatable bonds is 12. The van der Waals surface area contributed by atoms with Crippen LogP contribution in [0.15, 0.2) is 11.1 Å². The van der Waals surface area contributed by atoms with Gasteiger partial charge in [-0.1, -0.05) is 44.8 Å². The van der Waals surface area contributed by atoms with Crippen LogP contribution in [-0.4, -0.2) is 49.7 Å². The van der Waals surface area contributed by atoms with Gasteiger partial charge in [0.25, 0.3) is 0 Å². The average molecular weight is 419 g/mol. The number of hydrogen-bond donors (Lipinski definition) is 1. The number of allylic oxidation sites excluding steroid dienone is 2. The number of unbranched alkanes of at least 4 members (excludes halogenated alkanes) is 2. The van der Waals surface area contributed by atoms with Crippen LogP contribution in [0.1, 0.15) is 91.9 Å². The lowest BCUT2D eigenvalue weighted by Gasteiger charge is -2.45. The van der Waals surface area contributed by atoms with E-state index in [1.54, 1.807) is 11.1 Å². The van der Waals surface area contributed by atoms with Crippen LogP contribution in [0.25, 0.3) is 0 Å². The molecule has 2 fully saturated rings. The summed E-state index contributed by atoms with van der Waals surface area (Å²) in [6.45, 7) is 14.7. The van der Waals surface area contributed by atoms with E-state index in [2.05, 4.69) is 37.9 Å². The number of carbonyl (C=O) groups is 1. The molecule has 0 aromatic heterocycles. The lowest BCUT2D eigenvalue weighted by molar-refractivity contribution is -0.145. The van der Waals surface area contributed by atoms with Crippen molar-refractivity contribution in [3.8, 4) is 0 Å². The standard InChI is InChI=1S/C26H46N2O2/c1-5-7-14-28(15-8-6-2)16-10-13-27-19-22-21-17-23-20(3)11-9-12-26(23,4)18-24(21)30-25(22)29/h21-22,24,27H,5-19H2,1-4H3/t21-,22+,24-,26+/m1/s1. The Morgan fingerprint density at radius 3 is 2.53 bits per heavy atom. The summed E-state index contributed by atoms with van der Waals surface area (Å²) in [6, 6.07) is 0. The van der Waals surface area contributed by atoms with Gasteiger partial charge < -0.3 is 15.0 Å².